The van der Waals surface area contributed by atoms with Crippen LogP contribution in [-0.4, -0.2) is 10.5 Å². The first kappa shape index (κ1) is 18.8. The number of carbonyl (C=O) groups excluding carboxylic acids is 1. The molecule has 1 amide bonds. The highest BCUT2D eigenvalue weighted by Gasteiger charge is 2.21. The number of carbonyl (C=O) groups is 1. The summed E-state index contributed by atoms with van der Waals surface area (Å²) < 4.78 is 29.2. The Hall–Kier alpha value is -2.95. The SMILES string of the molecule is C=CCn1c(C(=O)Nc2cc(F)ccc2F)c(C)c2cc(C(C)C)ccc21. The molecule has 0 saturated heterocycles. The van der Waals surface area contributed by atoms with Crippen LogP contribution < -0.4 is 5.32 Å². The van der Waals surface area contributed by atoms with Crippen molar-refractivity contribution in [3.8, 4) is 0 Å². The van der Waals surface area contributed by atoms with Crippen molar-refractivity contribution in [2.45, 2.75) is 33.2 Å². The monoisotopic (exact) mass is 368 g/mol. The van der Waals surface area contributed by atoms with Gasteiger partial charge in [-0.1, -0.05) is 26.0 Å². The second kappa shape index (κ2) is 7.35. The minimum atomic E-state index is -0.684. The third kappa shape index (κ3) is 3.50. The second-order valence-corrected chi connectivity index (χ2v) is 6.88. The molecule has 2 aromatic carbocycles. The molecule has 140 valence electrons. The Labute approximate surface area is 157 Å². The Morgan fingerprint density at radius 3 is 2.63 bits per heavy atom. The molecule has 0 fully saturated rings. The number of hydrogen-bond donors (Lipinski definition) is 1. The molecule has 0 radical (unpaired) electrons. The van der Waals surface area contributed by atoms with Gasteiger partial charge >= 0.3 is 0 Å². The van der Waals surface area contributed by atoms with E-state index in [1.165, 1.54) is 5.56 Å². The summed E-state index contributed by atoms with van der Waals surface area (Å²) in [5.41, 5.74) is 3.10. The zero-order valence-corrected chi connectivity index (χ0v) is 15.6. The first-order chi connectivity index (χ1) is 12.8. The zero-order chi connectivity index (χ0) is 19.7. The van der Waals surface area contributed by atoms with Crippen LogP contribution in [0.5, 0.6) is 0 Å². The van der Waals surface area contributed by atoms with Gasteiger partial charge in [-0.05, 0) is 48.2 Å². The highest BCUT2D eigenvalue weighted by atomic mass is 19.1. The van der Waals surface area contributed by atoms with E-state index in [1.807, 2.05) is 23.6 Å². The van der Waals surface area contributed by atoms with Crippen LogP contribution in [0.4, 0.5) is 14.5 Å². The normalized spacial score (nSPS) is 11.2. The first-order valence-electron chi connectivity index (χ1n) is 8.83. The van der Waals surface area contributed by atoms with Gasteiger partial charge < -0.3 is 9.88 Å². The van der Waals surface area contributed by atoms with E-state index in [2.05, 4.69) is 31.8 Å². The number of allylic oxidation sites excluding steroid dienone is 1. The number of amides is 1. The van der Waals surface area contributed by atoms with Gasteiger partial charge in [0, 0.05) is 23.5 Å². The topological polar surface area (TPSA) is 34.0 Å². The molecular formula is C22H22F2N2O. The van der Waals surface area contributed by atoms with Gasteiger partial charge in [0.1, 0.15) is 17.3 Å². The zero-order valence-electron chi connectivity index (χ0n) is 15.6. The van der Waals surface area contributed by atoms with Gasteiger partial charge in [0.2, 0.25) is 0 Å². The average molecular weight is 368 g/mol. The summed E-state index contributed by atoms with van der Waals surface area (Å²) in [5, 5.41) is 3.46. The molecule has 0 bridgehead atoms. The Balaban J connectivity index is 2.12. The third-order valence-corrected chi connectivity index (χ3v) is 4.71. The fourth-order valence-corrected chi connectivity index (χ4v) is 3.29. The Morgan fingerprint density at radius 1 is 1.22 bits per heavy atom. The molecule has 5 heteroatoms. The molecule has 0 unspecified atom stereocenters. The summed E-state index contributed by atoms with van der Waals surface area (Å²) in [4.78, 5) is 12.9. The molecule has 1 N–H and O–H groups in total. The van der Waals surface area contributed by atoms with Gasteiger partial charge in [0.25, 0.3) is 5.91 Å². The molecule has 0 aliphatic heterocycles. The van der Waals surface area contributed by atoms with Crippen LogP contribution in [0, 0.1) is 18.6 Å². The number of fused-ring (bicyclic) bond motifs is 1. The number of nitrogens with one attached hydrogen (secondary N) is 1. The van der Waals surface area contributed by atoms with E-state index in [9.17, 15) is 13.6 Å². The predicted molar refractivity (Wildman–Crippen MR) is 105 cm³/mol. The third-order valence-electron chi connectivity index (χ3n) is 4.71. The lowest BCUT2D eigenvalue weighted by molar-refractivity contribution is 0.101. The summed E-state index contributed by atoms with van der Waals surface area (Å²) in [6.45, 7) is 10.3. The van der Waals surface area contributed by atoms with Crippen molar-refractivity contribution in [3.63, 3.8) is 0 Å². The van der Waals surface area contributed by atoms with Gasteiger partial charge in [-0.2, -0.15) is 0 Å². The maximum atomic E-state index is 13.9. The van der Waals surface area contributed by atoms with E-state index in [0.717, 1.165) is 34.7 Å². The van der Waals surface area contributed by atoms with E-state index in [1.54, 1.807) is 6.08 Å². The van der Waals surface area contributed by atoms with Crippen molar-refractivity contribution in [1.82, 2.24) is 4.57 Å². The summed E-state index contributed by atoms with van der Waals surface area (Å²) >= 11 is 0. The Morgan fingerprint density at radius 2 is 1.96 bits per heavy atom. The molecule has 27 heavy (non-hydrogen) atoms. The Bertz CT molecular complexity index is 1030. The van der Waals surface area contributed by atoms with Crippen molar-refractivity contribution in [1.29, 1.82) is 0 Å². The van der Waals surface area contributed by atoms with Crippen LogP contribution >= 0.6 is 0 Å². The highest BCUT2D eigenvalue weighted by Crippen LogP contribution is 2.30. The molecule has 3 nitrogen and oxygen atoms in total. The molecule has 1 heterocycles. The summed E-state index contributed by atoms with van der Waals surface area (Å²) in [5.74, 6) is -1.43. The lowest BCUT2D eigenvalue weighted by atomic mass is 10.0. The van der Waals surface area contributed by atoms with Crippen molar-refractivity contribution in [2.75, 3.05) is 5.32 Å². The minimum absolute atomic E-state index is 0.183. The molecule has 0 aliphatic carbocycles. The van der Waals surface area contributed by atoms with Gasteiger partial charge in [-0.3, -0.25) is 4.79 Å². The minimum Gasteiger partial charge on any atom is -0.332 e. The predicted octanol–water partition coefficient (Wildman–Crippen LogP) is 5.79. The molecule has 3 rings (SSSR count). The molecule has 3 aromatic rings. The average Bonchev–Trinajstić information content (AvgIpc) is 2.90. The second-order valence-electron chi connectivity index (χ2n) is 6.88. The number of aryl methyl sites for hydroxylation is 1. The number of rotatable bonds is 5. The van der Waals surface area contributed by atoms with Crippen molar-refractivity contribution in [2.24, 2.45) is 0 Å². The van der Waals surface area contributed by atoms with Gasteiger partial charge in [-0.25, -0.2) is 8.78 Å². The maximum Gasteiger partial charge on any atom is 0.272 e. The van der Waals surface area contributed by atoms with Crippen LogP contribution in [0.2, 0.25) is 0 Å². The molecule has 0 atom stereocenters. The first-order valence-corrected chi connectivity index (χ1v) is 8.83. The van der Waals surface area contributed by atoms with E-state index >= 15 is 0 Å². The van der Waals surface area contributed by atoms with Crippen LogP contribution in [0.3, 0.4) is 0 Å². The molecule has 0 spiro atoms. The molecule has 1 aromatic heterocycles. The van der Waals surface area contributed by atoms with E-state index in [-0.39, 0.29) is 5.69 Å². The van der Waals surface area contributed by atoms with E-state index in [4.69, 9.17) is 0 Å². The fraction of sp³-hybridized carbons (Fsp3) is 0.227. The van der Waals surface area contributed by atoms with Crippen molar-refractivity contribution in [3.05, 3.63) is 77.5 Å². The number of aromatic nitrogens is 1. The van der Waals surface area contributed by atoms with Crippen LogP contribution in [-0.2, 0) is 6.54 Å². The van der Waals surface area contributed by atoms with Gasteiger partial charge in [-0.15, -0.1) is 6.58 Å². The quantitative estimate of drug-likeness (QED) is 0.568. The lowest BCUT2D eigenvalue weighted by Gasteiger charge is -2.11. The number of nitrogens with zero attached hydrogens (tertiary/aromatic N) is 1. The standard InChI is InChI=1S/C22H22F2N2O/c1-5-10-26-20-9-6-15(13(2)3)11-17(20)14(4)21(26)22(27)25-19-12-16(23)7-8-18(19)24/h5-9,11-13H,1,10H2,2-4H3,(H,25,27). The van der Waals surface area contributed by atoms with Crippen molar-refractivity contribution < 1.29 is 13.6 Å². The van der Waals surface area contributed by atoms with Gasteiger partial charge in [0.15, 0.2) is 0 Å². The van der Waals surface area contributed by atoms with Crippen LogP contribution in [0.25, 0.3) is 10.9 Å². The number of benzene rings is 2. The lowest BCUT2D eigenvalue weighted by Crippen LogP contribution is -2.18. The van der Waals surface area contributed by atoms with E-state index in [0.29, 0.717) is 18.2 Å². The van der Waals surface area contributed by atoms with Gasteiger partial charge in [0.05, 0.1) is 5.69 Å². The number of anilines is 1. The van der Waals surface area contributed by atoms with Crippen LogP contribution in [0.15, 0.2) is 49.1 Å². The fourth-order valence-electron chi connectivity index (χ4n) is 3.29. The van der Waals surface area contributed by atoms with Crippen molar-refractivity contribution >= 4 is 22.5 Å². The molecular weight excluding hydrogens is 346 g/mol. The summed E-state index contributed by atoms with van der Waals surface area (Å²) in [6, 6.07) is 9.08. The number of halogens is 2. The smallest absolute Gasteiger partial charge is 0.272 e. The largest absolute Gasteiger partial charge is 0.332 e. The maximum absolute atomic E-state index is 13.9. The highest BCUT2D eigenvalue weighted by molar-refractivity contribution is 6.08. The van der Waals surface area contributed by atoms with Crippen LogP contribution in [0.1, 0.15) is 41.4 Å². The summed E-state index contributed by atoms with van der Waals surface area (Å²) in [6.07, 6.45) is 1.70. The number of hydrogen-bond acceptors (Lipinski definition) is 1. The Kier molecular flexibility index (Phi) is 5.13. The van der Waals surface area contributed by atoms with E-state index < -0.39 is 17.5 Å². The molecule has 0 aliphatic rings. The summed E-state index contributed by atoms with van der Waals surface area (Å²) in [7, 11) is 0. The molecule has 0 saturated carbocycles.